The maximum atomic E-state index is 10.8. The summed E-state index contributed by atoms with van der Waals surface area (Å²) >= 11 is 0. The number of non-ortho nitro benzene ring substituents is 1. The number of hydrogen-bond donors (Lipinski definition) is 1. The molecule has 2 aromatic rings. The van der Waals surface area contributed by atoms with E-state index in [2.05, 4.69) is 11.4 Å². The van der Waals surface area contributed by atoms with Gasteiger partial charge in [0.1, 0.15) is 0 Å². The third kappa shape index (κ3) is 3.57. The quantitative estimate of drug-likeness (QED) is 0.662. The van der Waals surface area contributed by atoms with Gasteiger partial charge < -0.3 is 5.32 Å². The molecule has 0 aliphatic heterocycles. The Morgan fingerprint density at radius 3 is 2.57 bits per heavy atom. The van der Waals surface area contributed by atoms with Gasteiger partial charge in [0, 0.05) is 17.8 Å². The van der Waals surface area contributed by atoms with Crippen LogP contribution in [0.25, 0.3) is 0 Å². The molecule has 1 N–H and O–H groups in total. The molecule has 0 amide bonds. The van der Waals surface area contributed by atoms with Crippen molar-refractivity contribution >= 4 is 11.4 Å². The van der Waals surface area contributed by atoms with E-state index < -0.39 is 4.92 Å². The van der Waals surface area contributed by atoms with Crippen molar-refractivity contribution in [2.75, 3.05) is 5.32 Å². The van der Waals surface area contributed by atoms with Crippen LogP contribution in [0.2, 0.25) is 0 Å². The first-order valence-electron chi connectivity index (χ1n) is 6.65. The molecule has 2 aromatic carbocycles. The summed E-state index contributed by atoms with van der Waals surface area (Å²) in [4.78, 5) is 10.5. The summed E-state index contributed by atoms with van der Waals surface area (Å²) in [6.45, 7) is 2.01. The predicted octanol–water partition coefficient (Wildman–Crippen LogP) is 4.03. The minimum Gasteiger partial charge on any atom is -0.378 e. The van der Waals surface area contributed by atoms with Crippen LogP contribution >= 0.6 is 0 Å². The molecule has 0 heterocycles. The molecule has 1 unspecified atom stereocenters. The SMILES string of the molecule is CCC(Nc1ccc(C#N)cc1)c1cccc([N+](=O)[O-])c1. The summed E-state index contributed by atoms with van der Waals surface area (Å²) < 4.78 is 0. The molecule has 2 rings (SSSR count). The summed E-state index contributed by atoms with van der Waals surface area (Å²) in [5.41, 5.74) is 2.44. The number of nitriles is 1. The maximum Gasteiger partial charge on any atom is 0.269 e. The van der Waals surface area contributed by atoms with Gasteiger partial charge in [-0.3, -0.25) is 10.1 Å². The second-order valence-electron chi connectivity index (χ2n) is 4.65. The van der Waals surface area contributed by atoms with Gasteiger partial charge in [-0.05, 0) is 36.2 Å². The molecule has 0 fully saturated rings. The molecule has 21 heavy (non-hydrogen) atoms. The van der Waals surface area contributed by atoms with E-state index in [1.807, 2.05) is 25.1 Å². The van der Waals surface area contributed by atoms with Gasteiger partial charge in [0.05, 0.1) is 22.6 Å². The molecule has 0 aliphatic rings. The zero-order valence-corrected chi connectivity index (χ0v) is 11.6. The second kappa shape index (κ2) is 6.53. The van der Waals surface area contributed by atoms with Crippen molar-refractivity contribution in [1.82, 2.24) is 0 Å². The number of nitrogens with one attached hydrogen (secondary N) is 1. The van der Waals surface area contributed by atoms with Crippen molar-refractivity contribution in [3.05, 3.63) is 69.8 Å². The van der Waals surface area contributed by atoms with Gasteiger partial charge in [0.25, 0.3) is 5.69 Å². The predicted molar refractivity (Wildman–Crippen MR) is 80.9 cm³/mol. The molecule has 106 valence electrons. The van der Waals surface area contributed by atoms with E-state index in [9.17, 15) is 10.1 Å². The van der Waals surface area contributed by atoms with Gasteiger partial charge in [-0.2, -0.15) is 5.26 Å². The Kier molecular flexibility index (Phi) is 4.52. The van der Waals surface area contributed by atoms with Gasteiger partial charge >= 0.3 is 0 Å². The van der Waals surface area contributed by atoms with Crippen molar-refractivity contribution in [2.24, 2.45) is 0 Å². The van der Waals surface area contributed by atoms with Crippen LogP contribution in [0.5, 0.6) is 0 Å². The van der Waals surface area contributed by atoms with E-state index in [-0.39, 0.29) is 11.7 Å². The van der Waals surface area contributed by atoms with Gasteiger partial charge in [0.15, 0.2) is 0 Å². The number of hydrogen-bond acceptors (Lipinski definition) is 4. The van der Waals surface area contributed by atoms with Crippen molar-refractivity contribution in [3.8, 4) is 6.07 Å². The van der Waals surface area contributed by atoms with Crippen molar-refractivity contribution in [3.63, 3.8) is 0 Å². The summed E-state index contributed by atoms with van der Waals surface area (Å²) in [6, 6.07) is 15.8. The van der Waals surface area contributed by atoms with Crippen LogP contribution in [-0.2, 0) is 0 Å². The second-order valence-corrected chi connectivity index (χ2v) is 4.65. The highest BCUT2D eigenvalue weighted by atomic mass is 16.6. The van der Waals surface area contributed by atoms with Crippen LogP contribution in [-0.4, -0.2) is 4.92 Å². The summed E-state index contributed by atoms with van der Waals surface area (Å²) in [5.74, 6) is 0. The average Bonchev–Trinajstić information content (AvgIpc) is 2.53. The summed E-state index contributed by atoms with van der Waals surface area (Å²) in [7, 11) is 0. The standard InChI is InChI=1S/C16H15N3O2/c1-2-16(13-4-3-5-15(10-13)19(20)21)18-14-8-6-12(11-17)7-9-14/h3-10,16,18H,2H2,1H3. The zero-order chi connectivity index (χ0) is 15.2. The summed E-state index contributed by atoms with van der Waals surface area (Å²) in [5, 5.41) is 23.0. The average molecular weight is 281 g/mol. The Morgan fingerprint density at radius 2 is 2.00 bits per heavy atom. The fourth-order valence-electron chi connectivity index (χ4n) is 2.12. The smallest absolute Gasteiger partial charge is 0.269 e. The van der Waals surface area contributed by atoms with Crippen LogP contribution in [0, 0.1) is 21.4 Å². The largest absolute Gasteiger partial charge is 0.378 e. The molecule has 0 bridgehead atoms. The minimum absolute atomic E-state index is 0.0159. The number of nitro groups is 1. The van der Waals surface area contributed by atoms with E-state index in [0.717, 1.165) is 17.7 Å². The van der Waals surface area contributed by atoms with Gasteiger partial charge in [-0.25, -0.2) is 0 Å². The molecule has 5 nitrogen and oxygen atoms in total. The van der Waals surface area contributed by atoms with Crippen molar-refractivity contribution in [1.29, 1.82) is 5.26 Å². The Bertz CT molecular complexity index is 675. The monoisotopic (exact) mass is 281 g/mol. The van der Waals surface area contributed by atoms with Crippen molar-refractivity contribution < 1.29 is 4.92 Å². The highest BCUT2D eigenvalue weighted by Crippen LogP contribution is 2.25. The van der Waals surface area contributed by atoms with E-state index in [1.54, 1.807) is 24.3 Å². The first-order chi connectivity index (χ1) is 10.1. The van der Waals surface area contributed by atoms with E-state index in [1.165, 1.54) is 6.07 Å². The first-order valence-corrected chi connectivity index (χ1v) is 6.65. The lowest BCUT2D eigenvalue weighted by Gasteiger charge is -2.18. The maximum absolute atomic E-state index is 10.8. The van der Waals surface area contributed by atoms with Crippen molar-refractivity contribution in [2.45, 2.75) is 19.4 Å². The molecule has 0 saturated carbocycles. The van der Waals surface area contributed by atoms with Gasteiger partial charge in [0.2, 0.25) is 0 Å². The number of nitrogens with zero attached hydrogens (tertiary/aromatic N) is 2. The number of benzene rings is 2. The molecule has 0 spiro atoms. The zero-order valence-electron chi connectivity index (χ0n) is 11.6. The molecular formula is C16H15N3O2. The van der Waals surface area contributed by atoms with E-state index >= 15 is 0 Å². The highest BCUT2D eigenvalue weighted by Gasteiger charge is 2.13. The lowest BCUT2D eigenvalue weighted by atomic mass is 10.0. The minimum atomic E-state index is -0.391. The fourth-order valence-corrected chi connectivity index (χ4v) is 2.12. The Hall–Kier alpha value is -2.87. The number of nitro benzene ring substituents is 1. The fraction of sp³-hybridized carbons (Fsp3) is 0.188. The lowest BCUT2D eigenvalue weighted by molar-refractivity contribution is -0.384. The summed E-state index contributed by atoms with van der Waals surface area (Å²) in [6.07, 6.45) is 0.793. The van der Waals surface area contributed by atoms with E-state index in [4.69, 9.17) is 5.26 Å². The molecule has 0 saturated heterocycles. The molecule has 0 radical (unpaired) electrons. The van der Waals surface area contributed by atoms with Gasteiger partial charge in [-0.15, -0.1) is 0 Å². The molecule has 5 heteroatoms. The Morgan fingerprint density at radius 1 is 1.29 bits per heavy atom. The third-order valence-electron chi connectivity index (χ3n) is 3.25. The molecular weight excluding hydrogens is 266 g/mol. The van der Waals surface area contributed by atoms with Crippen LogP contribution in [0.15, 0.2) is 48.5 Å². The topological polar surface area (TPSA) is 79.0 Å². The third-order valence-corrected chi connectivity index (χ3v) is 3.25. The number of rotatable bonds is 5. The highest BCUT2D eigenvalue weighted by molar-refractivity contribution is 5.49. The molecule has 0 aliphatic carbocycles. The number of anilines is 1. The molecule has 1 atom stereocenters. The Balaban J connectivity index is 2.21. The van der Waals surface area contributed by atoms with E-state index in [0.29, 0.717) is 5.56 Å². The Labute approximate surface area is 123 Å². The lowest BCUT2D eigenvalue weighted by Crippen LogP contribution is -2.09. The van der Waals surface area contributed by atoms with Crippen LogP contribution < -0.4 is 5.32 Å². The first kappa shape index (κ1) is 14.5. The van der Waals surface area contributed by atoms with Crippen LogP contribution in [0.1, 0.15) is 30.5 Å². The van der Waals surface area contributed by atoms with Crippen LogP contribution in [0.4, 0.5) is 11.4 Å². The van der Waals surface area contributed by atoms with Gasteiger partial charge in [-0.1, -0.05) is 19.1 Å². The molecule has 0 aromatic heterocycles. The van der Waals surface area contributed by atoms with Crippen LogP contribution in [0.3, 0.4) is 0 Å². The normalized spacial score (nSPS) is 11.4.